The zero-order chi connectivity index (χ0) is 19.6. The Bertz CT molecular complexity index is 1020. The van der Waals surface area contributed by atoms with Crippen LogP contribution in [0.4, 0.5) is 0 Å². The van der Waals surface area contributed by atoms with Gasteiger partial charge in [-0.2, -0.15) is 0 Å². The molecule has 1 fully saturated rings. The molecule has 2 aliphatic rings. The number of likely N-dealkylation sites (tertiary alicyclic amines) is 1. The molecular formula is C21H23N3O4. The first-order valence-corrected chi connectivity index (χ1v) is 9.60. The van der Waals surface area contributed by atoms with Crippen LogP contribution in [0.5, 0.6) is 5.75 Å². The van der Waals surface area contributed by atoms with E-state index in [1.54, 1.807) is 0 Å². The minimum Gasteiger partial charge on any atom is -0.483 e. The van der Waals surface area contributed by atoms with Gasteiger partial charge in [0.25, 0.3) is 5.56 Å². The smallest absolute Gasteiger partial charge is 0.328 e. The van der Waals surface area contributed by atoms with E-state index in [0.717, 1.165) is 30.6 Å². The van der Waals surface area contributed by atoms with Crippen LogP contribution in [0.2, 0.25) is 0 Å². The lowest BCUT2D eigenvalue weighted by Crippen LogP contribution is -2.38. The molecule has 4 rings (SSSR count). The minimum atomic E-state index is -0.491. The predicted octanol–water partition coefficient (Wildman–Crippen LogP) is 1.78. The van der Waals surface area contributed by atoms with Crippen molar-refractivity contribution in [1.82, 2.24) is 14.5 Å². The number of carbonyl (C=O) groups is 1. The van der Waals surface area contributed by atoms with Crippen molar-refractivity contribution in [3.05, 3.63) is 69.0 Å². The summed E-state index contributed by atoms with van der Waals surface area (Å²) in [6.45, 7) is 1.55. The minimum absolute atomic E-state index is 0.00957. The van der Waals surface area contributed by atoms with Crippen LogP contribution in [-0.4, -0.2) is 39.0 Å². The number of nitrogens with zero attached hydrogens (tertiary/aromatic N) is 2. The Balaban J connectivity index is 1.38. The van der Waals surface area contributed by atoms with Gasteiger partial charge in [0.05, 0.1) is 0 Å². The SMILES string of the molecule is O=C(CCn1ccc(=O)[nH]c1=O)N1CCCC2(C=Cc3ccccc3O2)CC1. The maximum absolute atomic E-state index is 12.7. The van der Waals surface area contributed by atoms with Crippen LogP contribution in [0, 0.1) is 0 Å². The first kappa shape index (κ1) is 18.3. The predicted molar refractivity (Wildman–Crippen MR) is 105 cm³/mol. The largest absolute Gasteiger partial charge is 0.483 e. The number of para-hydroxylation sites is 1. The summed E-state index contributed by atoms with van der Waals surface area (Å²) in [5.41, 5.74) is -0.210. The summed E-state index contributed by atoms with van der Waals surface area (Å²) < 4.78 is 7.67. The summed E-state index contributed by atoms with van der Waals surface area (Å²) in [5.74, 6) is 0.901. The van der Waals surface area contributed by atoms with Crippen LogP contribution in [0.15, 0.2) is 52.2 Å². The number of ether oxygens (including phenoxy) is 1. The van der Waals surface area contributed by atoms with E-state index in [0.29, 0.717) is 13.1 Å². The van der Waals surface area contributed by atoms with Crippen molar-refractivity contribution in [1.29, 1.82) is 0 Å². The zero-order valence-corrected chi connectivity index (χ0v) is 15.6. The second kappa shape index (κ2) is 7.50. The highest BCUT2D eigenvalue weighted by molar-refractivity contribution is 5.76. The molecule has 7 heteroatoms. The third-order valence-corrected chi connectivity index (χ3v) is 5.45. The average molecular weight is 381 g/mol. The number of aryl methyl sites for hydroxylation is 1. The number of hydrogen-bond donors (Lipinski definition) is 1. The third kappa shape index (κ3) is 3.78. The molecule has 3 heterocycles. The molecule has 1 unspecified atom stereocenters. The first-order chi connectivity index (χ1) is 13.5. The lowest BCUT2D eigenvalue weighted by atomic mass is 9.91. The first-order valence-electron chi connectivity index (χ1n) is 9.60. The molecule has 1 saturated heterocycles. The highest BCUT2D eigenvalue weighted by atomic mass is 16.5. The van der Waals surface area contributed by atoms with E-state index in [4.69, 9.17) is 4.74 Å². The number of hydrogen-bond acceptors (Lipinski definition) is 4. The van der Waals surface area contributed by atoms with Gasteiger partial charge in [-0.1, -0.05) is 24.3 Å². The molecule has 0 bridgehead atoms. The monoisotopic (exact) mass is 381 g/mol. The summed E-state index contributed by atoms with van der Waals surface area (Å²) in [6, 6.07) is 9.26. The van der Waals surface area contributed by atoms with E-state index in [1.807, 2.05) is 29.2 Å². The van der Waals surface area contributed by atoms with Gasteiger partial charge in [-0.15, -0.1) is 0 Å². The maximum atomic E-state index is 12.7. The summed E-state index contributed by atoms with van der Waals surface area (Å²) in [5, 5.41) is 0. The van der Waals surface area contributed by atoms with Gasteiger partial charge >= 0.3 is 5.69 Å². The Morgan fingerprint density at radius 3 is 2.86 bits per heavy atom. The molecule has 0 saturated carbocycles. The molecule has 1 aromatic heterocycles. The number of aromatic nitrogens is 2. The molecule has 0 aliphatic carbocycles. The molecule has 1 spiro atoms. The fourth-order valence-corrected chi connectivity index (χ4v) is 3.85. The number of rotatable bonds is 3. The van der Waals surface area contributed by atoms with Gasteiger partial charge in [0.2, 0.25) is 5.91 Å². The molecule has 1 atom stereocenters. The fraction of sp³-hybridized carbons (Fsp3) is 0.381. The Kier molecular flexibility index (Phi) is 4.90. The Morgan fingerprint density at radius 2 is 2.00 bits per heavy atom. The van der Waals surface area contributed by atoms with Gasteiger partial charge in [0, 0.05) is 50.3 Å². The summed E-state index contributed by atoms with van der Waals surface area (Å²) in [6.07, 6.45) is 8.34. The van der Waals surface area contributed by atoms with Crippen molar-refractivity contribution in [3.8, 4) is 5.75 Å². The average Bonchev–Trinajstić information content (AvgIpc) is 2.90. The molecule has 28 heavy (non-hydrogen) atoms. The molecule has 2 aromatic rings. The van der Waals surface area contributed by atoms with Gasteiger partial charge < -0.3 is 14.2 Å². The molecule has 1 N–H and O–H groups in total. The summed E-state index contributed by atoms with van der Waals surface area (Å²) >= 11 is 0. The zero-order valence-electron chi connectivity index (χ0n) is 15.6. The van der Waals surface area contributed by atoms with Crippen molar-refractivity contribution in [2.24, 2.45) is 0 Å². The van der Waals surface area contributed by atoms with Crippen molar-refractivity contribution in [3.63, 3.8) is 0 Å². The number of benzene rings is 1. The van der Waals surface area contributed by atoms with Crippen molar-refractivity contribution < 1.29 is 9.53 Å². The standard InChI is InChI=1S/C21H23N3O4/c25-18-7-13-24(20(27)22-18)14-8-19(26)23-12-3-9-21(11-15-23)10-6-16-4-1-2-5-17(16)28-21/h1-2,4-7,10,13H,3,8-9,11-12,14-15H2,(H,22,25,27). The Hall–Kier alpha value is -3.09. The molecule has 2 aliphatic heterocycles. The van der Waals surface area contributed by atoms with E-state index in [-0.39, 0.29) is 24.5 Å². The third-order valence-electron chi connectivity index (χ3n) is 5.45. The van der Waals surface area contributed by atoms with Crippen LogP contribution in [0.1, 0.15) is 31.2 Å². The number of H-pyrrole nitrogens is 1. The summed E-state index contributed by atoms with van der Waals surface area (Å²) in [7, 11) is 0. The number of carbonyl (C=O) groups excluding carboxylic acids is 1. The summed E-state index contributed by atoms with van der Waals surface area (Å²) in [4.78, 5) is 39.6. The fourth-order valence-electron chi connectivity index (χ4n) is 3.85. The van der Waals surface area contributed by atoms with E-state index in [1.165, 1.54) is 16.8 Å². The Morgan fingerprint density at radius 1 is 1.14 bits per heavy atom. The Labute approximate surface area is 162 Å². The van der Waals surface area contributed by atoms with Crippen LogP contribution in [0.3, 0.4) is 0 Å². The van der Waals surface area contributed by atoms with Gasteiger partial charge in [-0.3, -0.25) is 14.6 Å². The van der Waals surface area contributed by atoms with Gasteiger partial charge in [-0.25, -0.2) is 4.79 Å². The normalized spacial score (nSPS) is 21.1. The van der Waals surface area contributed by atoms with Crippen LogP contribution < -0.4 is 16.0 Å². The lowest BCUT2D eigenvalue weighted by molar-refractivity contribution is -0.131. The second-order valence-electron chi connectivity index (χ2n) is 7.33. The molecule has 1 amide bonds. The second-order valence-corrected chi connectivity index (χ2v) is 7.33. The number of amides is 1. The highest BCUT2D eigenvalue weighted by Crippen LogP contribution is 2.36. The maximum Gasteiger partial charge on any atom is 0.328 e. The number of aromatic amines is 1. The van der Waals surface area contributed by atoms with Crippen molar-refractivity contribution >= 4 is 12.0 Å². The van der Waals surface area contributed by atoms with Gasteiger partial charge in [-0.05, 0) is 25.0 Å². The molecule has 0 radical (unpaired) electrons. The topological polar surface area (TPSA) is 84.4 Å². The molecular weight excluding hydrogens is 358 g/mol. The quantitative estimate of drug-likeness (QED) is 0.878. The van der Waals surface area contributed by atoms with E-state index < -0.39 is 11.2 Å². The van der Waals surface area contributed by atoms with Gasteiger partial charge in [0.1, 0.15) is 11.4 Å². The number of fused-ring (bicyclic) bond motifs is 1. The van der Waals surface area contributed by atoms with E-state index in [2.05, 4.69) is 17.1 Å². The molecule has 1 aromatic carbocycles. The van der Waals surface area contributed by atoms with Crippen LogP contribution in [-0.2, 0) is 11.3 Å². The van der Waals surface area contributed by atoms with Crippen LogP contribution in [0.25, 0.3) is 6.08 Å². The van der Waals surface area contributed by atoms with E-state index >= 15 is 0 Å². The molecule has 7 nitrogen and oxygen atoms in total. The lowest BCUT2D eigenvalue weighted by Gasteiger charge is -2.34. The highest BCUT2D eigenvalue weighted by Gasteiger charge is 2.35. The van der Waals surface area contributed by atoms with Crippen molar-refractivity contribution in [2.75, 3.05) is 13.1 Å². The van der Waals surface area contributed by atoms with Crippen molar-refractivity contribution in [2.45, 2.75) is 37.8 Å². The molecule has 146 valence electrons. The van der Waals surface area contributed by atoms with Crippen LogP contribution >= 0.6 is 0 Å². The van der Waals surface area contributed by atoms with E-state index in [9.17, 15) is 14.4 Å². The van der Waals surface area contributed by atoms with Gasteiger partial charge in [0.15, 0.2) is 0 Å². The number of nitrogens with one attached hydrogen (secondary N) is 1.